The molecule has 1 saturated heterocycles. The zero-order chi connectivity index (χ0) is 20.6. The molecule has 1 aromatic carbocycles. The highest BCUT2D eigenvalue weighted by atomic mass is 32.1. The van der Waals surface area contributed by atoms with Crippen LogP contribution in [-0.2, 0) is 17.8 Å². The van der Waals surface area contributed by atoms with Crippen LogP contribution >= 0.6 is 11.3 Å². The lowest BCUT2D eigenvalue weighted by Gasteiger charge is -2.32. The number of benzene rings is 1. The van der Waals surface area contributed by atoms with Crippen LogP contribution in [0.15, 0.2) is 29.6 Å². The summed E-state index contributed by atoms with van der Waals surface area (Å²) in [7, 11) is 2.17. The van der Waals surface area contributed by atoms with Crippen molar-refractivity contribution in [1.29, 1.82) is 0 Å². The first-order valence-electron chi connectivity index (χ1n) is 10.0. The molecule has 7 nitrogen and oxygen atoms in total. The second-order valence-electron chi connectivity index (χ2n) is 7.43. The molecule has 158 valence electrons. The van der Waals surface area contributed by atoms with Crippen LogP contribution in [0, 0.1) is 0 Å². The Kier molecular flexibility index (Phi) is 8.14. The quantitative estimate of drug-likeness (QED) is 0.630. The van der Waals surface area contributed by atoms with E-state index in [1.54, 1.807) is 0 Å². The van der Waals surface area contributed by atoms with Gasteiger partial charge < -0.3 is 20.0 Å². The number of aliphatic hydroxyl groups excluding tert-OH is 2. The first-order valence-corrected chi connectivity index (χ1v) is 10.9. The SMILES string of the molecule is CN1CCN(Cc2ccc(-c3nc(CC(=O)N(CCO)CCO)cs3)cc2)CC1. The van der Waals surface area contributed by atoms with Crippen molar-refractivity contribution in [2.24, 2.45) is 0 Å². The third-order valence-corrected chi connectivity index (χ3v) is 6.12. The van der Waals surface area contributed by atoms with Crippen LogP contribution in [-0.4, -0.2) is 95.3 Å². The zero-order valence-electron chi connectivity index (χ0n) is 17.0. The summed E-state index contributed by atoms with van der Waals surface area (Å²) in [4.78, 5) is 23.3. The monoisotopic (exact) mass is 418 g/mol. The topological polar surface area (TPSA) is 80.1 Å². The largest absolute Gasteiger partial charge is 0.395 e. The molecule has 1 amide bonds. The molecule has 29 heavy (non-hydrogen) atoms. The van der Waals surface area contributed by atoms with E-state index in [9.17, 15) is 4.79 Å². The van der Waals surface area contributed by atoms with Gasteiger partial charge in [0, 0.05) is 56.8 Å². The highest BCUT2D eigenvalue weighted by Crippen LogP contribution is 2.25. The van der Waals surface area contributed by atoms with Crippen molar-refractivity contribution in [3.8, 4) is 10.6 Å². The van der Waals surface area contributed by atoms with Crippen molar-refractivity contribution in [3.63, 3.8) is 0 Å². The fourth-order valence-electron chi connectivity index (χ4n) is 3.41. The number of hydrogen-bond donors (Lipinski definition) is 2. The number of rotatable bonds is 9. The van der Waals surface area contributed by atoms with Gasteiger partial charge in [-0.1, -0.05) is 24.3 Å². The summed E-state index contributed by atoms with van der Waals surface area (Å²) in [5, 5.41) is 21.0. The van der Waals surface area contributed by atoms with Crippen LogP contribution in [0.25, 0.3) is 10.6 Å². The highest BCUT2D eigenvalue weighted by molar-refractivity contribution is 7.13. The van der Waals surface area contributed by atoms with E-state index in [1.165, 1.54) is 21.8 Å². The second-order valence-corrected chi connectivity index (χ2v) is 8.28. The van der Waals surface area contributed by atoms with Crippen molar-refractivity contribution in [2.75, 3.05) is 59.5 Å². The van der Waals surface area contributed by atoms with Gasteiger partial charge in [-0.05, 0) is 12.6 Å². The maximum Gasteiger partial charge on any atom is 0.228 e. The molecule has 0 bridgehead atoms. The average Bonchev–Trinajstić information content (AvgIpc) is 3.18. The van der Waals surface area contributed by atoms with Gasteiger partial charge in [-0.25, -0.2) is 4.98 Å². The highest BCUT2D eigenvalue weighted by Gasteiger charge is 2.16. The molecule has 3 rings (SSSR count). The molecule has 0 atom stereocenters. The number of likely N-dealkylation sites (N-methyl/N-ethyl adjacent to an activating group) is 1. The zero-order valence-corrected chi connectivity index (χ0v) is 17.8. The molecule has 0 unspecified atom stereocenters. The second kappa shape index (κ2) is 10.8. The van der Waals surface area contributed by atoms with Crippen LogP contribution < -0.4 is 0 Å². The molecule has 0 saturated carbocycles. The van der Waals surface area contributed by atoms with Crippen molar-refractivity contribution in [3.05, 3.63) is 40.9 Å². The maximum atomic E-state index is 12.4. The minimum absolute atomic E-state index is 0.117. The molecule has 8 heteroatoms. The lowest BCUT2D eigenvalue weighted by Crippen LogP contribution is -2.43. The third kappa shape index (κ3) is 6.32. The van der Waals surface area contributed by atoms with E-state index in [0.29, 0.717) is 0 Å². The Hall–Kier alpha value is -1.84. The Balaban J connectivity index is 1.57. The average molecular weight is 419 g/mol. The summed E-state index contributed by atoms with van der Waals surface area (Å²) in [5.74, 6) is -0.132. The van der Waals surface area contributed by atoms with Crippen LogP contribution in [0.3, 0.4) is 0 Å². The third-order valence-electron chi connectivity index (χ3n) is 5.18. The lowest BCUT2D eigenvalue weighted by atomic mass is 10.1. The Morgan fingerprint density at radius 3 is 2.38 bits per heavy atom. The van der Waals surface area contributed by atoms with Gasteiger partial charge in [-0.2, -0.15) is 0 Å². The van der Waals surface area contributed by atoms with Gasteiger partial charge in [0.25, 0.3) is 0 Å². The molecule has 0 aliphatic carbocycles. The first kappa shape index (κ1) is 21.9. The molecule has 0 spiro atoms. The predicted molar refractivity (Wildman–Crippen MR) is 115 cm³/mol. The minimum atomic E-state index is -0.132. The van der Waals surface area contributed by atoms with E-state index in [4.69, 9.17) is 10.2 Å². The summed E-state index contributed by atoms with van der Waals surface area (Å²) in [6, 6.07) is 8.51. The van der Waals surface area contributed by atoms with E-state index in [2.05, 4.69) is 46.1 Å². The van der Waals surface area contributed by atoms with Gasteiger partial charge in [0.1, 0.15) is 5.01 Å². The Labute approximate surface area is 176 Å². The number of carbonyl (C=O) groups is 1. The molecule has 1 fully saturated rings. The van der Waals surface area contributed by atoms with Gasteiger partial charge >= 0.3 is 0 Å². The van der Waals surface area contributed by atoms with Crippen molar-refractivity contribution in [2.45, 2.75) is 13.0 Å². The predicted octanol–water partition coefficient (Wildman–Crippen LogP) is 0.913. The van der Waals surface area contributed by atoms with E-state index in [1.807, 2.05) is 5.38 Å². The molecular formula is C21H30N4O3S. The van der Waals surface area contributed by atoms with E-state index >= 15 is 0 Å². The Bertz CT molecular complexity index is 766. The van der Waals surface area contributed by atoms with Crippen LogP contribution in [0.4, 0.5) is 0 Å². The molecule has 2 heterocycles. The molecule has 1 aliphatic rings. The van der Waals surface area contributed by atoms with Gasteiger partial charge in [0.05, 0.1) is 25.3 Å². The maximum absolute atomic E-state index is 12.4. The van der Waals surface area contributed by atoms with Crippen LogP contribution in [0.5, 0.6) is 0 Å². The number of thiazole rings is 1. The van der Waals surface area contributed by atoms with Gasteiger partial charge in [-0.15, -0.1) is 11.3 Å². The number of aliphatic hydroxyl groups is 2. The number of hydrogen-bond acceptors (Lipinski definition) is 7. The number of piperazine rings is 1. The molecular weight excluding hydrogens is 388 g/mol. The van der Waals surface area contributed by atoms with Gasteiger partial charge in [-0.3, -0.25) is 9.69 Å². The standard InChI is InChI=1S/C21H30N4O3S/c1-23-6-8-24(9-7-23)15-17-2-4-18(5-3-17)21-22-19(16-29-21)14-20(28)25(10-12-26)11-13-27/h2-5,16,26-27H,6-15H2,1H3. The Morgan fingerprint density at radius 2 is 1.76 bits per heavy atom. The number of amides is 1. The Morgan fingerprint density at radius 1 is 1.10 bits per heavy atom. The number of nitrogens with zero attached hydrogens (tertiary/aromatic N) is 4. The molecule has 2 N–H and O–H groups in total. The van der Waals surface area contributed by atoms with Crippen LogP contribution in [0.2, 0.25) is 0 Å². The molecule has 1 aromatic heterocycles. The van der Waals surface area contributed by atoms with Gasteiger partial charge in [0.2, 0.25) is 5.91 Å². The molecule has 2 aromatic rings. The summed E-state index contributed by atoms with van der Waals surface area (Å²) < 4.78 is 0. The van der Waals surface area contributed by atoms with Crippen molar-refractivity contribution in [1.82, 2.24) is 19.7 Å². The molecule has 0 radical (unpaired) electrons. The summed E-state index contributed by atoms with van der Waals surface area (Å²) in [5.41, 5.74) is 3.07. The van der Waals surface area contributed by atoms with Crippen molar-refractivity contribution < 1.29 is 15.0 Å². The smallest absolute Gasteiger partial charge is 0.228 e. The van der Waals surface area contributed by atoms with E-state index in [-0.39, 0.29) is 38.6 Å². The lowest BCUT2D eigenvalue weighted by molar-refractivity contribution is -0.131. The normalized spacial score (nSPS) is 15.6. The number of aromatic nitrogens is 1. The summed E-state index contributed by atoms with van der Waals surface area (Å²) in [6.45, 7) is 5.63. The van der Waals surface area contributed by atoms with Crippen LogP contribution in [0.1, 0.15) is 11.3 Å². The van der Waals surface area contributed by atoms with E-state index in [0.717, 1.165) is 49.0 Å². The van der Waals surface area contributed by atoms with Crippen molar-refractivity contribution >= 4 is 17.2 Å². The minimum Gasteiger partial charge on any atom is -0.395 e. The summed E-state index contributed by atoms with van der Waals surface area (Å²) >= 11 is 1.53. The fraction of sp³-hybridized carbons (Fsp3) is 0.524. The van der Waals surface area contributed by atoms with Gasteiger partial charge in [0.15, 0.2) is 0 Å². The fourth-order valence-corrected chi connectivity index (χ4v) is 4.23. The summed E-state index contributed by atoms with van der Waals surface area (Å²) in [6.07, 6.45) is 0.179. The van der Waals surface area contributed by atoms with E-state index < -0.39 is 0 Å². The number of carbonyl (C=O) groups excluding carboxylic acids is 1. The molecule has 1 aliphatic heterocycles. The first-order chi connectivity index (χ1) is 14.1.